The summed E-state index contributed by atoms with van der Waals surface area (Å²) in [5, 5.41) is 0. The summed E-state index contributed by atoms with van der Waals surface area (Å²) in [5.74, 6) is 0.0804. The van der Waals surface area contributed by atoms with Gasteiger partial charge in [0, 0.05) is 13.8 Å². The number of hydrogen-bond acceptors (Lipinski definition) is 4. The molecule has 0 aliphatic rings. The van der Waals surface area contributed by atoms with E-state index in [0.29, 0.717) is 0 Å². The molecule has 0 N–H and O–H groups in total. The van der Waals surface area contributed by atoms with Crippen molar-refractivity contribution in [3.8, 4) is 11.5 Å². The van der Waals surface area contributed by atoms with Gasteiger partial charge in [0.15, 0.2) is 11.5 Å². The van der Waals surface area contributed by atoms with Gasteiger partial charge in [0.2, 0.25) is 0 Å². The Kier molecular flexibility index (Phi) is 6.19. The third-order valence-electron chi connectivity index (χ3n) is 4.81. The molecule has 2 atom stereocenters. The van der Waals surface area contributed by atoms with Crippen LogP contribution in [0.2, 0.25) is 0 Å². The molecular formula is C22H26O4. The molecule has 138 valence electrons. The average Bonchev–Trinajstić information content (AvgIpc) is 2.56. The molecule has 2 rings (SSSR count). The van der Waals surface area contributed by atoms with Gasteiger partial charge >= 0.3 is 11.9 Å². The molecule has 0 bridgehead atoms. The second-order valence-corrected chi connectivity index (χ2v) is 6.81. The molecule has 0 saturated carbocycles. The maximum atomic E-state index is 11.4. The Labute approximate surface area is 155 Å². The Morgan fingerprint density at radius 1 is 0.731 bits per heavy atom. The number of esters is 2. The highest BCUT2D eigenvalue weighted by Crippen LogP contribution is 2.37. The molecule has 0 radical (unpaired) electrons. The van der Waals surface area contributed by atoms with Crippen molar-refractivity contribution >= 4 is 11.9 Å². The normalized spacial score (nSPS) is 13.0. The number of benzene rings is 2. The molecule has 0 aliphatic heterocycles. The number of hydrogen-bond donors (Lipinski definition) is 0. The molecule has 4 nitrogen and oxygen atoms in total. The van der Waals surface area contributed by atoms with E-state index in [1.54, 1.807) is 12.1 Å². The second-order valence-electron chi connectivity index (χ2n) is 6.81. The highest BCUT2D eigenvalue weighted by Gasteiger charge is 2.20. The van der Waals surface area contributed by atoms with Crippen molar-refractivity contribution in [1.82, 2.24) is 0 Å². The topological polar surface area (TPSA) is 52.6 Å². The highest BCUT2D eigenvalue weighted by atomic mass is 16.6. The van der Waals surface area contributed by atoms with Crippen LogP contribution < -0.4 is 9.47 Å². The van der Waals surface area contributed by atoms with Gasteiger partial charge in [-0.05, 0) is 60.1 Å². The van der Waals surface area contributed by atoms with Gasteiger partial charge in [-0.25, -0.2) is 0 Å². The first-order valence-corrected chi connectivity index (χ1v) is 8.77. The zero-order chi connectivity index (χ0) is 19.4. The Bertz CT molecular complexity index is 823. The monoisotopic (exact) mass is 354 g/mol. The first kappa shape index (κ1) is 19.7. The molecule has 0 heterocycles. The number of ether oxygens (including phenoxy) is 2. The number of aryl methyl sites for hydroxylation is 2. The van der Waals surface area contributed by atoms with Crippen LogP contribution in [0.4, 0.5) is 0 Å². The van der Waals surface area contributed by atoms with Crippen molar-refractivity contribution in [3.63, 3.8) is 0 Å². The van der Waals surface area contributed by atoms with Crippen molar-refractivity contribution in [2.45, 2.75) is 53.4 Å². The van der Waals surface area contributed by atoms with Crippen LogP contribution in [0.5, 0.6) is 11.5 Å². The predicted molar refractivity (Wildman–Crippen MR) is 102 cm³/mol. The van der Waals surface area contributed by atoms with Gasteiger partial charge in [0.05, 0.1) is 0 Å². The molecule has 0 fully saturated rings. The minimum absolute atomic E-state index is 0.192. The molecule has 2 unspecified atom stereocenters. The lowest BCUT2D eigenvalue weighted by molar-refractivity contribution is -0.134. The number of carbonyl (C=O) groups excluding carboxylic acids is 2. The summed E-state index contributed by atoms with van der Waals surface area (Å²) >= 11 is 0. The molecule has 4 heteroatoms. The van der Waals surface area contributed by atoms with Crippen LogP contribution in [0.15, 0.2) is 36.4 Å². The summed E-state index contributed by atoms with van der Waals surface area (Å²) in [5.41, 5.74) is 4.82. The number of carbonyl (C=O) groups is 2. The molecule has 26 heavy (non-hydrogen) atoms. The van der Waals surface area contributed by atoms with Gasteiger partial charge in [-0.3, -0.25) is 9.59 Å². The van der Waals surface area contributed by atoms with Crippen molar-refractivity contribution in [3.05, 3.63) is 58.7 Å². The van der Waals surface area contributed by atoms with Crippen LogP contribution in [0.25, 0.3) is 0 Å². The molecule has 2 aromatic rings. The van der Waals surface area contributed by atoms with Crippen LogP contribution in [-0.2, 0) is 9.59 Å². The SMILES string of the molecule is CC(=O)Oc1ccc(C(C)C(C)c2ccc(C)c(C)c2)cc1OC(C)=O. The Morgan fingerprint density at radius 3 is 1.77 bits per heavy atom. The highest BCUT2D eigenvalue weighted by molar-refractivity contribution is 5.73. The zero-order valence-corrected chi connectivity index (χ0v) is 16.3. The van der Waals surface area contributed by atoms with Gasteiger partial charge in [0.1, 0.15) is 0 Å². The fraction of sp³-hybridized carbons (Fsp3) is 0.364. The molecule has 2 aromatic carbocycles. The second kappa shape index (κ2) is 8.17. The van der Waals surface area contributed by atoms with E-state index in [2.05, 4.69) is 45.9 Å². The average molecular weight is 354 g/mol. The maximum Gasteiger partial charge on any atom is 0.308 e. The zero-order valence-electron chi connectivity index (χ0n) is 16.3. The van der Waals surface area contributed by atoms with Crippen molar-refractivity contribution in [2.24, 2.45) is 0 Å². The summed E-state index contributed by atoms with van der Waals surface area (Å²) in [6.07, 6.45) is 0. The van der Waals surface area contributed by atoms with E-state index in [4.69, 9.17) is 9.47 Å². The van der Waals surface area contributed by atoms with Crippen LogP contribution in [0, 0.1) is 13.8 Å². The van der Waals surface area contributed by atoms with Gasteiger partial charge in [-0.2, -0.15) is 0 Å². The van der Waals surface area contributed by atoms with Gasteiger partial charge < -0.3 is 9.47 Å². The van der Waals surface area contributed by atoms with E-state index in [1.165, 1.54) is 30.5 Å². The van der Waals surface area contributed by atoms with Crippen LogP contribution in [0.1, 0.15) is 61.8 Å². The van der Waals surface area contributed by atoms with Gasteiger partial charge in [0.25, 0.3) is 0 Å². The van der Waals surface area contributed by atoms with E-state index in [-0.39, 0.29) is 23.3 Å². The number of rotatable bonds is 5. The van der Waals surface area contributed by atoms with E-state index < -0.39 is 11.9 Å². The predicted octanol–water partition coefficient (Wildman–Crippen LogP) is 5.06. The van der Waals surface area contributed by atoms with E-state index >= 15 is 0 Å². The summed E-state index contributed by atoms with van der Waals surface area (Å²) in [4.78, 5) is 22.7. The van der Waals surface area contributed by atoms with Gasteiger partial charge in [-0.15, -0.1) is 0 Å². The summed E-state index contributed by atoms with van der Waals surface area (Å²) < 4.78 is 10.4. The van der Waals surface area contributed by atoms with E-state index in [9.17, 15) is 9.59 Å². The maximum absolute atomic E-state index is 11.4. The van der Waals surface area contributed by atoms with Gasteiger partial charge in [-0.1, -0.05) is 38.1 Å². The lowest BCUT2D eigenvalue weighted by Crippen LogP contribution is -2.09. The van der Waals surface area contributed by atoms with Crippen LogP contribution in [0.3, 0.4) is 0 Å². The fourth-order valence-electron chi connectivity index (χ4n) is 2.91. The molecule has 0 amide bonds. The Morgan fingerprint density at radius 2 is 1.23 bits per heavy atom. The summed E-state index contributed by atoms with van der Waals surface area (Å²) in [6.45, 7) is 11.2. The van der Waals surface area contributed by atoms with E-state index in [0.717, 1.165) is 5.56 Å². The Hall–Kier alpha value is -2.62. The quantitative estimate of drug-likeness (QED) is 0.556. The minimum atomic E-state index is -0.456. The van der Waals surface area contributed by atoms with E-state index in [1.807, 2.05) is 6.07 Å². The standard InChI is InChI=1S/C22H26O4/c1-13-7-8-19(11-14(13)2)15(3)16(4)20-9-10-21(25-17(5)23)22(12-20)26-18(6)24/h7-12,15-16H,1-6H3. The third-order valence-corrected chi connectivity index (χ3v) is 4.81. The lowest BCUT2D eigenvalue weighted by atomic mass is 9.83. The lowest BCUT2D eigenvalue weighted by Gasteiger charge is -2.22. The Balaban J connectivity index is 2.34. The molecular weight excluding hydrogens is 328 g/mol. The largest absolute Gasteiger partial charge is 0.423 e. The summed E-state index contributed by atoms with van der Waals surface area (Å²) in [6, 6.07) is 11.9. The first-order valence-electron chi connectivity index (χ1n) is 8.77. The van der Waals surface area contributed by atoms with Crippen molar-refractivity contribution in [1.29, 1.82) is 0 Å². The third kappa shape index (κ3) is 4.72. The summed E-state index contributed by atoms with van der Waals surface area (Å²) in [7, 11) is 0. The molecule has 0 aromatic heterocycles. The molecule has 0 spiro atoms. The van der Waals surface area contributed by atoms with Crippen molar-refractivity contribution in [2.75, 3.05) is 0 Å². The smallest absolute Gasteiger partial charge is 0.308 e. The minimum Gasteiger partial charge on any atom is -0.423 e. The molecule has 0 saturated heterocycles. The van der Waals surface area contributed by atoms with Crippen LogP contribution >= 0.6 is 0 Å². The molecule has 0 aliphatic carbocycles. The van der Waals surface area contributed by atoms with Crippen molar-refractivity contribution < 1.29 is 19.1 Å². The van der Waals surface area contributed by atoms with Crippen LogP contribution in [-0.4, -0.2) is 11.9 Å². The fourth-order valence-corrected chi connectivity index (χ4v) is 2.91. The first-order chi connectivity index (χ1) is 12.2.